The van der Waals surface area contributed by atoms with Gasteiger partial charge in [-0.05, 0) is 60.9 Å². The number of hydrogen-bond acceptors (Lipinski definition) is 6. The fourth-order valence-corrected chi connectivity index (χ4v) is 6.77. The first-order chi connectivity index (χ1) is 16.9. The average molecular weight is 527 g/mol. The van der Waals surface area contributed by atoms with E-state index in [1.165, 1.54) is 27.8 Å². The van der Waals surface area contributed by atoms with Crippen molar-refractivity contribution in [3.8, 4) is 0 Å². The minimum absolute atomic E-state index is 0.0450. The summed E-state index contributed by atoms with van der Waals surface area (Å²) < 4.78 is 28.5. The zero-order valence-electron chi connectivity index (χ0n) is 18.7. The van der Waals surface area contributed by atoms with Crippen LogP contribution in [0.15, 0.2) is 78.0 Å². The lowest BCUT2D eigenvalue weighted by Crippen LogP contribution is -2.44. The van der Waals surface area contributed by atoms with Crippen LogP contribution in [0.2, 0.25) is 5.02 Å². The third-order valence-electron chi connectivity index (χ3n) is 6.10. The molecule has 3 heterocycles. The number of fused-ring (bicyclic) bond motifs is 1. The second-order valence-corrected chi connectivity index (χ2v) is 11.8. The summed E-state index contributed by atoms with van der Waals surface area (Å²) in [5, 5.41) is 1.12. The maximum absolute atomic E-state index is 13.7. The number of halogens is 1. The van der Waals surface area contributed by atoms with Crippen LogP contribution in [0.3, 0.4) is 0 Å². The Hall–Kier alpha value is -2.85. The van der Waals surface area contributed by atoms with E-state index >= 15 is 0 Å². The first-order valence-corrected chi connectivity index (χ1v) is 13.9. The van der Waals surface area contributed by atoms with E-state index < -0.39 is 10.0 Å². The van der Waals surface area contributed by atoms with Gasteiger partial charge in [0.1, 0.15) is 0 Å². The van der Waals surface area contributed by atoms with Crippen molar-refractivity contribution in [1.29, 1.82) is 0 Å². The molecule has 0 unspecified atom stereocenters. The zero-order chi connectivity index (χ0) is 24.4. The van der Waals surface area contributed by atoms with E-state index in [1.807, 2.05) is 36.4 Å². The quantitative estimate of drug-likeness (QED) is 0.354. The summed E-state index contributed by atoms with van der Waals surface area (Å²) in [4.78, 5) is 24.6. The van der Waals surface area contributed by atoms with Crippen molar-refractivity contribution in [3.63, 3.8) is 0 Å². The number of aromatic nitrogens is 2. The molecule has 7 nitrogen and oxygen atoms in total. The smallest absolute Gasteiger partial charge is 0.243 e. The number of carbonyl (C=O) groups excluding carboxylic acids is 1. The molecular weight excluding hydrogens is 504 g/mol. The highest BCUT2D eigenvalue weighted by atomic mass is 35.5. The highest BCUT2D eigenvalue weighted by Gasteiger charge is 2.35. The topological polar surface area (TPSA) is 83.5 Å². The highest BCUT2D eigenvalue weighted by molar-refractivity contribution is 7.89. The van der Waals surface area contributed by atoms with Crippen LogP contribution >= 0.6 is 22.9 Å². The minimum Gasteiger partial charge on any atom is -0.283 e. The minimum atomic E-state index is -3.63. The van der Waals surface area contributed by atoms with Crippen molar-refractivity contribution < 1.29 is 13.2 Å². The summed E-state index contributed by atoms with van der Waals surface area (Å²) in [7, 11) is -3.63. The number of amides is 1. The lowest BCUT2D eigenvalue weighted by Gasteiger charge is -2.33. The molecule has 1 amide bonds. The largest absolute Gasteiger partial charge is 0.283 e. The molecule has 0 aliphatic carbocycles. The molecule has 1 saturated heterocycles. The van der Waals surface area contributed by atoms with Crippen LogP contribution in [0.4, 0.5) is 5.13 Å². The standard InChI is InChI=1S/C25H23ClN4O3S2/c26-20-7-9-21(10-8-20)35(32,33)29-14-11-19(12-15-29)24(31)30(17-18-4-3-13-27-16-18)25-28-22-5-1-2-6-23(22)34-25/h1-10,13,16,19H,11-12,14-15,17H2. The van der Waals surface area contributed by atoms with Gasteiger partial charge in [0.2, 0.25) is 15.9 Å². The van der Waals surface area contributed by atoms with Crippen LogP contribution in [0, 0.1) is 5.92 Å². The van der Waals surface area contributed by atoms with Gasteiger partial charge in [0.25, 0.3) is 0 Å². The molecule has 4 aromatic rings. The molecule has 0 saturated carbocycles. The second-order valence-electron chi connectivity index (χ2n) is 8.38. The number of nitrogens with zero attached hydrogens (tertiary/aromatic N) is 4. The molecular formula is C25H23ClN4O3S2. The number of sulfonamides is 1. The third-order valence-corrected chi connectivity index (χ3v) is 9.32. The number of hydrogen-bond donors (Lipinski definition) is 0. The molecule has 35 heavy (non-hydrogen) atoms. The maximum Gasteiger partial charge on any atom is 0.243 e. The van der Waals surface area contributed by atoms with Crippen molar-refractivity contribution in [1.82, 2.24) is 14.3 Å². The molecule has 0 bridgehead atoms. The van der Waals surface area contributed by atoms with Gasteiger partial charge in [0.05, 0.1) is 21.7 Å². The van der Waals surface area contributed by atoms with Gasteiger partial charge in [-0.25, -0.2) is 13.4 Å². The van der Waals surface area contributed by atoms with E-state index in [4.69, 9.17) is 16.6 Å². The Bertz CT molecular complexity index is 1400. The Morgan fingerprint density at radius 1 is 1.06 bits per heavy atom. The maximum atomic E-state index is 13.7. The normalized spacial score (nSPS) is 15.3. The average Bonchev–Trinajstić information content (AvgIpc) is 3.32. The summed E-state index contributed by atoms with van der Waals surface area (Å²) in [6.45, 7) is 0.916. The third kappa shape index (κ3) is 5.08. The summed E-state index contributed by atoms with van der Waals surface area (Å²) in [5.41, 5.74) is 1.75. The molecule has 1 aliphatic rings. The van der Waals surface area contributed by atoms with Gasteiger partial charge in [-0.1, -0.05) is 41.1 Å². The second kappa shape index (κ2) is 10.0. The Morgan fingerprint density at radius 3 is 2.49 bits per heavy atom. The monoisotopic (exact) mass is 526 g/mol. The van der Waals surface area contributed by atoms with Crippen LogP contribution < -0.4 is 4.90 Å². The van der Waals surface area contributed by atoms with Gasteiger partial charge in [-0.15, -0.1) is 0 Å². The molecule has 1 aliphatic heterocycles. The number of para-hydroxylation sites is 1. The van der Waals surface area contributed by atoms with Gasteiger partial charge in [-0.3, -0.25) is 14.7 Å². The number of piperidine rings is 1. The molecule has 0 spiro atoms. The predicted octanol–water partition coefficient (Wildman–Crippen LogP) is 4.98. The van der Waals surface area contributed by atoms with Crippen molar-refractivity contribution in [3.05, 3.63) is 83.6 Å². The van der Waals surface area contributed by atoms with Crippen LogP contribution in [0.25, 0.3) is 10.2 Å². The van der Waals surface area contributed by atoms with Crippen LogP contribution in [0.5, 0.6) is 0 Å². The van der Waals surface area contributed by atoms with Crippen LogP contribution in [-0.4, -0.2) is 41.7 Å². The Balaban J connectivity index is 1.35. The van der Waals surface area contributed by atoms with E-state index in [1.54, 1.807) is 29.4 Å². The number of anilines is 1. The lowest BCUT2D eigenvalue weighted by atomic mass is 9.96. The SMILES string of the molecule is O=C(C1CCN(S(=O)(=O)c2ccc(Cl)cc2)CC1)N(Cc1cccnc1)c1nc2ccccc2s1. The van der Waals surface area contributed by atoms with Gasteiger partial charge in [-0.2, -0.15) is 4.31 Å². The van der Waals surface area contributed by atoms with Gasteiger partial charge in [0, 0.05) is 36.4 Å². The molecule has 0 radical (unpaired) electrons. The van der Waals surface area contributed by atoms with E-state index in [9.17, 15) is 13.2 Å². The van der Waals surface area contributed by atoms with E-state index in [0.717, 1.165) is 15.8 Å². The molecule has 10 heteroatoms. The molecule has 0 atom stereocenters. The highest BCUT2D eigenvalue weighted by Crippen LogP contribution is 2.33. The number of carbonyl (C=O) groups is 1. The summed E-state index contributed by atoms with van der Waals surface area (Å²) >= 11 is 7.38. The fourth-order valence-electron chi connectivity index (χ4n) is 4.21. The molecule has 180 valence electrons. The first-order valence-electron chi connectivity index (χ1n) is 11.2. The number of rotatable bonds is 6. The predicted molar refractivity (Wildman–Crippen MR) is 138 cm³/mol. The first kappa shape index (κ1) is 23.9. The Kier molecular flexibility index (Phi) is 6.84. The Morgan fingerprint density at radius 2 is 1.80 bits per heavy atom. The number of pyridine rings is 1. The van der Waals surface area contributed by atoms with Gasteiger partial charge < -0.3 is 0 Å². The lowest BCUT2D eigenvalue weighted by molar-refractivity contribution is -0.123. The van der Waals surface area contributed by atoms with E-state index in [0.29, 0.717) is 29.5 Å². The summed E-state index contributed by atoms with van der Waals surface area (Å²) in [6, 6.07) is 17.7. The van der Waals surface area contributed by atoms with Gasteiger partial charge in [0.15, 0.2) is 5.13 Å². The zero-order valence-corrected chi connectivity index (χ0v) is 21.1. The Labute approximate surface area is 213 Å². The number of benzene rings is 2. The summed E-state index contributed by atoms with van der Waals surface area (Å²) in [5.74, 6) is -0.341. The molecule has 5 rings (SSSR count). The van der Waals surface area contributed by atoms with E-state index in [-0.39, 0.29) is 29.8 Å². The van der Waals surface area contributed by atoms with Crippen molar-refractivity contribution in [2.24, 2.45) is 5.92 Å². The van der Waals surface area contributed by atoms with Crippen LogP contribution in [0.1, 0.15) is 18.4 Å². The van der Waals surface area contributed by atoms with Crippen molar-refractivity contribution >= 4 is 54.2 Å². The van der Waals surface area contributed by atoms with Crippen molar-refractivity contribution in [2.75, 3.05) is 18.0 Å². The van der Waals surface area contributed by atoms with Crippen LogP contribution in [-0.2, 0) is 21.4 Å². The fraction of sp³-hybridized carbons (Fsp3) is 0.240. The molecule has 2 aromatic carbocycles. The molecule has 2 aromatic heterocycles. The van der Waals surface area contributed by atoms with Crippen molar-refractivity contribution in [2.45, 2.75) is 24.3 Å². The molecule has 1 fully saturated rings. The summed E-state index contributed by atoms with van der Waals surface area (Å²) in [6.07, 6.45) is 4.33. The van der Waals surface area contributed by atoms with Gasteiger partial charge >= 0.3 is 0 Å². The molecule has 0 N–H and O–H groups in total. The number of thiazole rings is 1. The van der Waals surface area contributed by atoms with E-state index in [2.05, 4.69) is 4.98 Å².